The van der Waals surface area contributed by atoms with E-state index in [1.165, 1.54) is 5.71 Å². The van der Waals surface area contributed by atoms with E-state index in [1.807, 2.05) is 18.2 Å². The van der Waals surface area contributed by atoms with Gasteiger partial charge in [-0.25, -0.2) is 4.98 Å². The standard InChI is InChI=1S/C15H19N3S/c1-3-8-13(4-2)17-18-15-16-14(11-19-15)12-9-6-5-7-10-12/h5-7,9-11H,3-4,8H2,1-2H3,(H,16,18)/b17-13+. The van der Waals surface area contributed by atoms with Crippen LogP contribution in [0.15, 0.2) is 40.8 Å². The summed E-state index contributed by atoms with van der Waals surface area (Å²) in [6.45, 7) is 4.30. The fraction of sp³-hybridized carbons (Fsp3) is 0.333. The molecular weight excluding hydrogens is 254 g/mol. The van der Waals surface area contributed by atoms with E-state index >= 15 is 0 Å². The van der Waals surface area contributed by atoms with Gasteiger partial charge in [0, 0.05) is 16.7 Å². The van der Waals surface area contributed by atoms with Crippen LogP contribution in [0.1, 0.15) is 33.1 Å². The average Bonchev–Trinajstić information content (AvgIpc) is 2.93. The Hall–Kier alpha value is -1.68. The lowest BCUT2D eigenvalue weighted by molar-refractivity contribution is 0.960. The normalized spacial score (nSPS) is 11.6. The first-order valence-electron chi connectivity index (χ1n) is 6.65. The van der Waals surface area contributed by atoms with Gasteiger partial charge in [-0.2, -0.15) is 5.10 Å². The molecule has 0 spiro atoms. The van der Waals surface area contributed by atoms with Crippen LogP contribution in [0.2, 0.25) is 0 Å². The second-order valence-electron chi connectivity index (χ2n) is 4.30. The number of benzene rings is 1. The molecule has 0 saturated carbocycles. The molecule has 19 heavy (non-hydrogen) atoms. The van der Waals surface area contributed by atoms with Crippen molar-refractivity contribution in [1.29, 1.82) is 0 Å². The Morgan fingerprint density at radius 3 is 2.74 bits per heavy atom. The zero-order valence-electron chi connectivity index (χ0n) is 11.4. The molecule has 1 heterocycles. The summed E-state index contributed by atoms with van der Waals surface area (Å²) in [6.07, 6.45) is 3.15. The number of hydrogen-bond acceptors (Lipinski definition) is 4. The van der Waals surface area contributed by atoms with E-state index in [0.717, 1.165) is 35.7 Å². The fourth-order valence-corrected chi connectivity index (χ4v) is 2.46. The van der Waals surface area contributed by atoms with Gasteiger partial charge in [0.25, 0.3) is 0 Å². The van der Waals surface area contributed by atoms with Crippen LogP contribution >= 0.6 is 11.3 Å². The number of rotatable bonds is 6. The number of anilines is 1. The average molecular weight is 273 g/mol. The van der Waals surface area contributed by atoms with Crippen LogP contribution in [-0.2, 0) is 0 Å². The maximum Gasteiger partial charge on any atom is 0.203 e. The van der Waals surface area contributed by atoms with E-state index in [-0.39, 0.29) is 0 Å². The molecule has 0 atom stereocenters. The highest BCUT2D eigenvalue weighted by Crippen LogP contribution is 2.24. The smallest absolute Gasteiger partial charge is 0.203 e. The Bertz CT molecular complexity index is 531. The number of hydrazone groups is 1. The summed E-state index contributed by atoms with van der Waals surface area (Å²) >= 11 is 1.59. The van der Waals surface area contributed by atoms with Crippen LogP contribution in [-0.4, -0.2) is 10.7 Å². The number of thiazole rings is 1. The lowest BCUT2D eigenvalue weighted by atomic mass is 10.2. The SMILES string of the molecule is CCC/C(CC)=N/Nc1nc(-c2ccccc2)cs1. The summed E-state index contributed by atoms with van der Waals surface area (Å²) < 4.78 is 0. The van der Waals surface area contributed by atoms with E-state index in [4.69, 9.17) is 0 Å². The van der Waals surface area contributed by atoms with Crippen LogP contribution in [0.4, 0.5) is 5.13 Å². The topological polar surface area (TPSA) is 37.3 Å². The molecular formula is C15H19N3S. The van der Waals surface area contributed by atoms with Crippen molar-refractivity contribution in [2.45, 2.75) is 33.1 Å². The molecule has 0 amide bonds. The van der Waals surface area contributed by atoms with Gasteiger partial charge in [-0.3, -0.25) is 5.43 Å². The molecule has 1 aromatic carbocycles. The van der Waals surface area contributed by atoms with Crippen LogP contribution in [0.25, 0.3) is 11.3 Å². The van der Waals surface area contributed by atoms with Gasteiger partial charge >= 0.3 is 0 Å². The summed E-state index contributed by atoms with van der Waals surface area (Å²) in [5, 5.41) is 7.33. The van der Waals surface area contributed by atoms with Crippen molar-refractivity contribution < 1.29 is 0 Å². The minimum atomic E-state index is 0.848. The maximum atomic E-state index is 4.55. The summed E-state index contributed by atoms with van der Waals surface area (Å²) in [6, 6.07) is 10.2. The number of nitrogens with one attached hydrogen (secondary N) is 1. The Morgan fingerprint density at radius 2 is 2.05 bits per heavy atom. The molecule has 1 aromatic heterocycles. The predicted molar refractivity (Wildman–Crippen MR) is 83.8 cm³/mol. The van der Waals surface area contributed by atoms with Crippen molar-refractivity contribution in [1.82, 2.24) is 4.98 Å². The van der Waals surface area contributed by atoms with Crippen molar-refractivity contribution >= 4 is 22.2 Å². The van der Waals surface area contributed by atoms with Crippen molar-refractivity contribution in [2.24, 2.45) is 5.10 Å². The quantitative estimate of drug-likeness (QED) is 0.607. The molecule has 0 unspecified atom stereocenters. The highest BCUT2D eigenvalue weighted by atomic mass is 32.1. The second kappa shape index (κ2) is 7.04. The molecule has 1 N–H and O–H groups in total. The van der Waals surface area contributed by atoms with Crippen LogP contribution in [0.5, 0.6) is 0 Å². The molecule has 0 radical (unpaired) electrons. The van der Waals surface area contributed by atoms with Gasteiger partial charge in [0.1, 0.15) is 0 Å². The predicted octanol–water partition coefficient (Wildman–Crippen LogP) is 4.79. The number of hydrogen-bond donors (Lipinski definition) is 1. The maximum absolute atomic E-state index is 4.55. The van der Waals surface area contributed by atoms with E-state index in [0.29, 0.717) is 0 Å². The Morgan fingerprint density at radius 1 is 1.26 bits per heavy atom. The summed E-state index contributed by atoms with van der Waals surface area (Å²) in [7, 11) is 0. The van der Waals surface area contributed by atoms with Crippen molar-refractivity contribution in [3.8, 4) is 11.3 Å². The lowest BCUT2D eigenvalue weighted by Crippen LogP contribution is -2.00. The molecule has 0 bridgehead atoms. The van der Waals surface area contributed by atoms with Gasteiger partial charge in [-0.1, -0.05) is 50.6 Å². The third-order valence-corrected chi connectivity index (χ3v) is 3.58. The first kappa shape index (κ1) is 13.7. The number of nitrogens with zero attached hydrogens (tertiary/aromatic N) is 2. The molecule has 3 nitrogen and oxygen atoms in total. The highest BCUT2D eigenvalue weighted by Gasteiger charge is 2.03. The van der Waals surface area contributed by atoms with Crippen LogP contribution in [0.3, 0.4) is 0 Å². The molecule has 0 fully saturated rings. The van der Waals surface area contributed by atoms with E-state index < -0.39 is 0 Å². The molecule has 100 valence electrons. The van der Waals surface area contributed by atoms with Crippen molar-refractivity contribution in [2.75, 3.05) is 5.43 Å². The molecule has 0 aliphatic carbocycles. The summed E-state index contributed by atoms with van der Waals surface area (Å²) in [5.74, 6) is 0. The molecule has 4 heteroatoms. The minimum Gasteiger partial charge on any atom is -0.253 e. The van der Waals surface area contributed by atoms with Crippen molar-refractivity contribution in [3.63, 3.8) is 0 Å². The summed E-state index contributed by atoms with van der Waals surface area (Å²) in [5.41, 5.74) is 6.40. The van der Waals surface area contributed by atoms with Gasteiger partial charge < -0.3 is 0 Å². The zero-order valence-corrected chi connectivity index (χ0v) is 12.2. The summed E-state index contributed by atoms with van der Waals surface area (Å²) in [4.78, 5) is 4.55. The Balaban J connectivity index is 2.06. The lowest BCUT2D eigenvalue weighted by Gasteiger charge is -2.01. The Labute approximate surface area is 118 Å². The molecule has 2 aromatic rings. The fourth-order valence-electron chi connectivity index (χ4n) is 1.79. The van der Waals surface area contributed by atoms with Gasteiger partial charge in [0.15, 0.2) is 0 Å². The molecule has 0 aliphatic heterocycles. The van der Waals surface area contributed by atoms with Gasteiger partial charge in [-0.05, 0) is 12.8 Å². The molecule has 0 saturated heterocycles. The second-order valence-corrected chi connectivity index (χ2v) is 5.16. The molecule has 2 rings (SSSR count). The third-order valence-electron chi connectivity index (χ3n) is 2.83. The van der Waals surface area contributed by atoms with Crippen molar-refractivity contribution in [3.05, 3.63) is 35.7 Å². The number of aromatic nitrogens is 1. The van der Waals surface area contributed by atoms with Gasteiger partial charge in [-0.15, -0.1) is 11.3 Å². The van der Waals surface area contributed by atoms with Crippen LogP contribution in [0, 0.1) is 0 Å². The van der Waals surface area contributed by atoms with E-state index in [2.05, 4.69) is 46.9 Å². The third kappa shape index (κ3) is 3.89. The largest absolute Gasteiger partial charge is 0.253 e. The van der Waals surface area contributed by atoms with E-state index in [1.54, 1.807) is 11.3 Å². The minimum absolute atomic E-state index is 0.848. The zero-order chi connectivity index (χ0) is 13.5. The van der Waals surface area contributed by atoms with Gasteiger partial charge in [0.2, 0.25) is 5.13 Å². The Kier molecular flexibility index (Phi) is 5.10. The molecule has 0 aliphatic rings. The first-order chi connectivity index (χ1) is 9.33. The highest BCUT2D eigenvalue weighted by molar-refractivity contribution is 7.14. The van der Waals surface area contributed by atoms with Crippen LogP contribution < -0.4 is 5.43 Å². The first-order valence-corrected chi connectivity index (χ1v) is 7.53. The van der Waals surface area contributed by atoms with Gasteiger partial charge in [0.05, 0.1) is 5.69 Å². The van der Waals surface area contributed by atoms with E-state index in [9.17, 15) is 0 Å². The monoisotopic (exact) mass is 273 g/mol.